The Hall–Kier alpha value is -1.23. The van der Waals surface area contributed by atoms with Crippen molar-refractivity contribution in [1.82, 2.24) is 0 Å². The van der Waals surface area contributed by atoms with Crippen LogP contribution in [0.25, 0.3) is 0 Å². The van der Waals surface area contributed by atoms with Gasteiger partial charge in [0.2, 0.25) is 0 Å². The van der Waals surface area contributed by atoms with Crippen LogP contribution in [0.2, 0.25) is 0 Å². The molecule has 1 aromatic rings. The van der Waals surface area contributed by atoms with Gasteiger partial charge in [0.25, 0.3) is 0 Å². The number of esters is 1. The number of rotatable bonds is 3. The lowest BCUT2D eigenvalue weighted by molar-refractivity contribution is -0.145. The summed E-state index contributed by atoms with van der Waals surface area (Å²) in [5.41, 5.74) is 0.692. The zero-order valence-corrected chi connectivity index (χ0v) is 12.1. The summed E-state index contributed by atoms with van der Waals surface area (Å²) < 4.78 is 18.3. The molecular formula is C14H18FNO2S. The molecule has 0 saturated carbocycles. The van der Waals surface area contributed by atoms with Crippen LogP contribution in [0.4, 0.5) is 10.1 Å². The summed E-state index contributed by atoms with van der Waals surface area (Å²) >= 11 is 1.72. The molecule has 1 N–H and O–H groups in total. The van der Waals surface area contributed by atoms with E-state index in [9.17, 15) is 9.18 Å². The number of aryl methyl sites for hydroxylation is 1. The molecule has 0 radical (unpaired) electrons. The first-order valence-electron chi connectivity index (χ1n) is 6.20. The molecule has 5 heteroatoms. The van der Waals surface area contributed by atoms with Crippen LogP contribution in [0.15, 0.2) is 18.2 Å². The van der Waals surface area contributed by atoms with E-state index in [1.165, 1.54) is 19.2 Å². The fourth-order valence-electron chi connectivity index (χ4n) is 2.45. The topological polar surface area (TPSA) is 38.3 Å². The molecule has 1 saturated heterocycles. The highest BCUT2D eigenvalue weighted by atomic mass is 32.2. The SMILES string of the molecule is COC(=O)C1(Nc2cc(C)cc(F)c2)CSC(C)C1. The Labute approximate surface area is 116 Å². The zero-order valence-electron chi connectivity index (χ0n) is 11.3. The van der Waals surface area contributed by atoms with Crippen molar-refractivity contribution in [2.75, 3.05) is 18.2 Å². The van der Waals surface area contributed by atoms with Gasteiger partial charge in [0.15, 0.2) is 0 Å². The van der Waals surface area contributed by atoms with Gasteiger partial charge in [0, 0.05) is 16.7 Å². The quantitative estimate of drug-likeness (QED) is 0.866. The maximum atomic E-state index is 13.4. The number of methoxy groups -OCH3 is 1. The van der Waals surface area contributed by atoms with Gasteiger partial charge in [-0.15, -0.1) is 0 Å². The van der Waals surface area contributed by atoms with Crippen LogP contribution >= 0.6 is 11.8 Å². The maximum absolute atomic E-state index is 13.4. The third-order valence-corrected chi connectivity index (χ3v) is 4.65. The van der Waals surface area contributed by atoms with Crippen molar-refractivity contribution in [1.29, 1.82) is 0 Å². The summed E-state index contributed by atoms with van der Waals surface area (Å²) in [6, 6.07) is 4.70. The molecule has 104 valence electrons. The van der Waals surface area contributed by atoms with Gasteiger partial charge in [-0.3, -0.25) is 0 Å². The minimum absolute atomic E-state index is 0.286. The summed E-state index contributed by atoms with van der Waals surface area (Å²) in [4.78, 5) is 12.1. The van der Waals surface area contributed by atoms with Gasteiger partial charge >= 0.3 is 5.97 Å². The Bertz CT molecular complexity index is 474. The highest BCUT2D eigenvalue weighted by Gasteiger charge is 2.45. The molecule has 1 aliphatic rings. The predicted molar refractivity (Wildman–Crippen MR) is 76.0 cm³/mol. The molecule has 1 fully saturated rings. The second kappa shape index (κ2) is 5.41. The molecule has 1 aliphatic heterocycles. The maximum Gasteiger partial charge on any atom is 0.332 e. The molecular weight excluding hydrogens is 265 g/mol. The third kappa shape index (κ3) is 3.03. The largest absolute Gasteiger partial charge is 0.467 e. The number of hydrogen-bond donors (Lipinski definition) is 1. The average Bonchev–Trinajstić information content (AvgIpc) is 2.69. The number of carbonyl (C=O) groups excluding carboxylic acids is 1. The molecule has 0 amide bonds. The molecule has 0 aliphatic carbocycles. The van der Waals surface area contributed by atoms with Crippen molar-refractivity contribution < 1.29 is 13.9 Å². The minimum atomic E-state index is -0.751. The number of carbonyl (C=O) groups is 1. The van der Waals surface area contributed by atoms with Gasteiger partial charge in [-0.1, -0.05) is 6.92 Å². The van der Waals surface area contributed by atoms with Crippen LogP contribution < -0.4 is 5.32 Å². The number of ether oxygens (including phenoxy) is 1. The lowest BCUT2D eigenvalue weighted by Gasteiger charge is -2.28. The molecule has 0 bridgehead atoms. The van der Waals surface area contributed by atoms with Crippen LogP contribution in [0, 0.1) is 12.7 Å². The minimum Gasteiger partial charge on any atom is -0.467 e. The standard InChI is InChI=1S/C14H18FNO2S/c1-9-4-11(15)6-12(5-9)16-14(13(17)18-3)7-10(2)19-8-14/h4-6,10,16H,7-8H2,1-3H3. The first kappa shape index (κ1) is 14.2. The Morgan fingerprint density at radius 1 is 1.53 bits per heavy atom. The Morgan fingerprint density at radius 3 is 2.79 bits per heavy atom. The zero-order chi connectivity index (χ0) is 14.0. The van der Waals surface area contributed by atoms with Crippen LogP contribution in [-0.4, -0.2) is 29.6 Å². The highest BCUT2D eigenvalue weighted by Crippen LogP contribution is 2.37. The van der Waals surface area contributed by atoms with E-state index in [4.69, 9.17) is 4.74 Å². The first-order valence-corrected chi connectivity index (χ1v) is 7.25. The van der Waals surface area contributed by atoms with Crippen LogP contribution in [0.5, 0.6) is 0 Å². The predicted octanol–water partition coefficient (Wildman–Crippen LogP) is 2.98. The van der Waals surface area contributed by atoms with Crippen molar-refractivity contribution in [3.8, 4) is 0 Å². The summed E-state index contributed by atoms with van der Waals surface area (Å²) in [5, 5.41) is 3.56. The second-order valence-corrected chi connectivity index (χ2v) is 6.47. The highest BCUT2D eigenvalue weighted by molar-refractivity contribution is 8.00. The molecule has 19 heavy (non-hydrogen) atoms. The van der Waals surface area contributed by atoms with Crippen molar-refractivity contribution >= 4 is 23.4 Å². The van der Waals surface area contributed by atoms with E-state index in [0.29, 0.717) is 23.1 Å². The molecule has 0 aromatic heterocycles. The molecule has 2 rings (SSSR count). The van der Waals surface area contributed by atoms with E-state index in [1.807, 2.05) is 13.0 Å². The van der Waals surface area contributed by atoms with Crippen LogP contribution in [-0.2, 0) is 9.53 Å². The van der Waals surface area contributed by atoms with Crippen LogP contribution in [0.3, 0.4) is 0 Å². The van der Waals surface area contributed by atoms with E-state index in [2.05, 4.69) is 12.2 Å². The molecule has 2 atom stereocenters. The van der Waals surface area contributed by atoms with Gasteiger partial charge in [-0.2, -0.15) is 11.8 Å². The molecule has 3 nitrogen and oxygen atoms in total. The van der Waals surface area contributed by atoms with Gasteiger partial charge in [-0.05, 0) is 37.1 Å². The number of anilines is 1. The fourth-order valence-corrected chi connectivity index (χ4v) is 3.73. The van der Waals surface area contributed by atoms with Gasteiger partial charge in [0.05, 0.1) is 7.11 Å². The lowest BCUT2D eigenvalue weighted by atomic mass is 9.95. The summed E-state index contributed by atoms with van der Waals surface area (Å²) in [6.07, 6.45) is 0.680. The van der Waals surface area contributed by atoms with E-state index in [0.717, 1.165) is 5.56 Å². The van der Waals surface area contributed by atoms with Crippen molar-refractivity contribution in [2.45, 2.75) is 31.1 Å². The Kier molecular flexibility index (Phi) is 4.04. The first-order chi connectivity index (χ1) is 8.95. The summed E-state index contributed by atoms with van der Waals surface area (Å²) in [5.74, 6) is 0.0450. The van der Waals surface area contributed by atoms with Crippen molar-refractivity contribution in [3.63, 3.8) is 0 Å². The normalized spacial score (nSPS) is 26.2. The van der Waals surface area contributed by atoms with E-state index < -0.39 is 5.54 Å². The van der Waals surface area contributed by atoms with Gasteiger partial charge in [0.1, 0.15) is 11.4 Å². The van der Waals surface area contributed by atoms with E-state index >= 15 is 0 Å². The Balaban J connectivity index is 2.28. The summed E-state index contributed by atoms with van der Waals surface area (Å²) in [7, 11) is 1.39. The number of halogens is 1. The Morgan fingerprint density at radius 2 is 2.26 bits per heavy atom. The average molecular weight is 283 g/mol. The van der Waals surface area contributed by atoms with Crippen molar-refractivity contribution in [2.24, 2.45) is 0 Å². The number of hydrogen-bond acceptors (Lipinski definition) is 4. The molecule has 1 heterocycles. The summed E-state index contributed by atoms with van der Waals surface area (Å²) in [6.45, 7) is 3.90. The van der Waals surface area contributed by atoms with Crippen molar-refractivity contribution in [3.05, 3.63) is 29.6 Å². The van der Waals surface area contributed by atoms with E-state index in [-0.39, 0.29) is 11.8 Å². The van der Waals surface area contributed by atoms with Crippen LogP contribution in [0.1, 0.15) is 18.9 Å². The number of thioether (sulfide) groups is 1. The van der Waals surface area contributed by atoms with Gasteiger partial charge in [-0.25, -0.2) is 9.18 Å². The number of benzene rings is 1. The number of nitrogens with one attached hydrogen (secondary N) is 1. The monoisotopic (exact) mass is 283 g/mol. The molecule has 2 unspecified atom stereocenters. The van der Waals surface area contributed by atoms with Gasteiger partial charge < -0.3 is 10.1 Å². The van der Waals surface area contributed by atoms with E-state index in [1.54, 1.807) is 11.8 Å². The fraction of sp³-hybridized carbons (Fsp3) is 0.500. The third-order valence-electron chi connectivity index (χ3n) is 3.25. The molecule has 1 aromatic carbocycles. The smallest absolute Gasteiger partial charge is 0.332 e. The molecule has 0 spiro atoms. The lowest BCUT2D eigenvalue weighted by Crippen LogP contribution is -2.47. The second-order valence-electron chi connectivity index (χ2n) is 5.04.